The number of aromatic nitrogens is 1. The zero-order valence-corrected chi connectivity index (χ0v) is 9.88. The quantitative estimate of drug-likeness (QED) is 0.762. The molecule has 15 heavy (non-hydrogen) atoms. The monoisotopic (exact) mass is 228 g/mol. The molecule has 1 rings (SSSR count). The van der Waals surface area contributed by atoms with Crippen LogP contribution in [0, 0.1) is 0 Å². The van der Waals surface area contributed by atoms with E-state index in [4.69, 9.17) is 11.6 Å². The normalized spacial score (nSPS) is 11.5. The first-order chi connectivity index (χ1) is 7.09. The van der Waals surface area contributed by atoms with Crippen LogP contribution in [0.25, 0.3) is 0 Å². The Morgan fingerprint density at radius 3 is 2.67 bits per heavy atom. The van der Waals surface area contributed by atoms with Crippen molar-refractivity contribution in [1.82, 2.24) is 4.98 Å². The average Bonchev–Trinajstić information content (AvgIpc) is 2.26. The van der Waals surface area contributed by atoms with E-state index >= 15 is 0 Å². The van der Waals surface area contributed by atoms with Crippen molar-refractivity contribution in [1.29, 1.82) is 0 Å². The first-order valence-electron chi connectivity index (χ1n) is 5.17. The summed E-state index contributed by atoms with van der Waals surface area (Å²) in [6.45, 7) is 4.48. The summed E-state index contributed by atoms with van der Waals surface area (Å²) >= 11 is 5.75. The summed E-state index contributed by atoms with van der Waals surface area (Å²) in [6.07, 6.45) is 3.10. The van der Waals surface area contributed by atoms with Gasteiger partial charge in [-0.1, -0.05) is 25.4 Å². The van der Waals surface area contributed by atoms with Gasteiger partial charge in [0.25, 0.3) is 0 Å². The predicted molar refractivity (Wildman–Crippen MR) is 63.3 cm³/mol. The Labute approximate surface area is 95.5 Å². The number of anilines is 1. The van der Waals surface area contributed by atoms with Crippen molar-refractivity contribution in [2.75, 3.05) is 11.9 Å². The Balaban J connectivity index is 2.56. The highest BCUT2D eigenvalue weighted by Gasteiger charge is 2.21. The van der Waals surface area contributed by atoms with Crippen LogP contribution in [-0.4, -0.2) is 22.2 Å². The number of nitrogens with zero attached hydrogens (tertiary/aromatic N) is 1. The highest BCUT2D eigenvalue weighted by Crippen LogP contribution is 2.17. The van der Waals surface area contributed by atoms with E-state index in [1.807, 2.05) is 19.9 Å². The molecule has 3 nitrogen and oxygen atoms in total. The van der Waals surface area contributed by atoms with E-state index < -0.39 is 5.60 Å². The van der Waals surface area contributed by atoms with Gasteiger partial charge in [0.1, 0.15) is 5.15 Å². The maximum absolute atomic E-state index is 10.0. The molecule has 0 fully saturated rings. The van der Waals surface area contributed by atoms with Gasteiger partial charge in [-0.05, 0) is 25.0 Å². The summed E-state index contributed by atoms with van der Waals surface area (Å²) in [7, 11) is 0. The van der Waals surface area contributed by atoms with Gasteiger partial charge in [-0.2, -0.15) is 0 Å². The third-order valence-corrected chi connectivity index (χ3v) is 2.87. The third-order valence-electron chi connectivity index (χ3n) is 2.66. The van der Waals surface area contributed by atoms with E-state index in [0.717, 1.165) is 18.5 Å². The summed E-state index contributed by atoms with van der Waals surface area (Å²) in [5.41, 5.74) is 0.241. The number of hydrogen-bond acceptors (Lipinski definition) is 3. The van der Waals surface area contributed by atoms with Crippen LogP contribution >= 0.6 is 11.6 Å². The minimum atomic E-state index is -0.643. The lowest BCUT2D eigenvalue weighted by Crippen LogP contribution is -2.35. The van der Waals surface area contributed by atoms with E-state index in [9.17, 15) is 5.11 Å². The van der Waals surface area contributed by atoms with Crippen molar-refractivity contribution in [3.8, 4) is 0 Å². The Morgan fingerprint density at radius 2 is 2.13 bits per heavy atom. The van der Waals surface area contributed by atoms with Crippen LogP contribution < -0.4 is 5.32 Å². The van der Waals surface area contributed by atoms with Gasteiger partial charge in [-0.25, -0.2) is 4.98 Å². The molecule has 0 aliphatic heterocycles. The Morgan fingerprint density at radius 1 is 1.47 bits per heavy atom. The van der Waals surface area contributed by atoms with Crippen molar-refractivity contribution < 1.29 is 5.11 Å². The zero-order chi connectivity index (χ0) is 11.3. The van der Waals surface area contributed by atoms with Crippen molar-refractivity contribution >= 4 is 17.3 Å². The van der Waals surface area contributed by atoms with Crippen molar-refractivity contribution in [2.24, 2.45) is 0 Å². The van der Waals surface area contributed by atoms with Crippen molar-refractivity contribution in [2.45, 2.75) is 32.3 Å². The van der Waals surface area contributed by atoms with E-state index in [2.05, 4.69) is 10.3 Å². The molecule has 1 aromatic heterocycles. The number of rotatable bonds is 5. The molecule has 1 heterocycles. The van der Waals surface area contributed by atoms with Gasteiger partial charge in [0.05, 0.1) is 5.60 Å². The van der Waals surface area contributed by atoms with Crippen LogP contribution in [-0.2, 0) is 0 Å². The maximum Gasteiger partial charge on any atom is 0.131 e. The molecule has 0 aliphatic rings. The standard InChI is InChI=1S/C11H17ClN2O/c1-3-11(15,4-2)8-14-9-5-6-13-10(12)7-9/h5-7,15H,3-4,8H2,1-2H3,(H,13,14). The van der Waals surface area contributed by atoms with Crippen LogP contribution in [0.2, 0.25) is 5.15 Å². The minimum absolute atomic E-state index is 0.455. The fourth-order valence-corrected chi connectivity index (χ4v) is 1.45. The fourth-order valence-electron chi connectivity index (χ4n) is 1.28. The van der Waals surface area contributed by atoms with Crippen LogP contribution in [0.3, 0.4) is 0 Å². The minimum Gasteiger partial charge on any atom is -0.388 e. The maximum atomic E-state index is 10.0. The van der Waals surface area contributed by atoms with Gasteiger partial charge < -0.3 is 10.4 Å². The van der Waals surface area contributed by atoms with Crippen LogP contribution in [0.15, 0.2) is 18.3 Å². The number of halogens is 1. The van der Waals surface area contributed by atoms with E-state index in [-0.39, 0.29) is 0 Å². The molecule has 0 atom stereocenters. The molecule has 0 saturated heterocycles. The summed E-state index contributed by atoms with van der Waals surface area (Å²) in [6, 6.07) is 3.57. The molecule has 0 radical (unpaired) electrons. The van der Waals surface area contributed by atoms with Crippen LogP contribution in [0.5, 0.6) is 0 Å². The van der Waals surface area contributed by atoms with Crippen molar-refractivity contribution in [3.63, 3.8) is 0 Å². The predicted octanol–water partition coefficient (Wildman–Crippen LogP) is 2.70. The molecule has 0 bridgehead atoms. The molecule has 0 spiro atoms. The molecule has 84 valence electrons. The topological polar surface area (TPSA) is 45.1 Å². The first kappa shape index (κ1) is 12.3. The molecule has 0 aromatic carbocycles. The van der Waals surface area contributed by atoms with Gasteiger partial charge in [0.15, 0.2) is 0 Å². The lowest BCUT2D eigenvalue weighted by atomic mass is 9.97. The largest absolute Gasteiger partial charge is 0.388 e. The molecule has 0 saturated carbocycles. The zero-order valence-electron chi connectivity index (χ0n) is 9.13. The fraction of sp³-hybridized carbons (Fsp3) is 0.545. The molecule has 1 aromatic rings. The van der Waals surface area contributed by atoms with Crippen molar-refractivity contribution in [3.05, 3.63) is 23.5 Å². The lowest BCUT2D eigenvalue weighted by molar-refractivity contribution is 0.0457. The molecule has 0 unspecified atom stereocenters. The molecule has 0 amide bonds. The number of aliphatic hydroxyl groups is 1. The molecule has 0 aliphatic carbocycles. The lowest BCUT2D eigenvalue weighted by Gasteiger charge is -2.25. The third kappa shape index (κ3) is 3.68. The number of hydrogen-bond donors (Lipinski definition) is 2. The highest BCUT2D eigenvalue weighted by molar-refractivity contribution is 6.29. The van der Waals surface area contributed by atoms with E-state index in [1.165, 1.54) is 0 Å². The van der Waals surface area contributed by atoms with Gasteiger partial charge in [0, 0.05) is 18.4 Å². The van der Waals surface area contributed by atoms with Gasteiger partial charge in [-0.15, -0.1) is 0 Å². The first-order valence-corrected chi connectivity index (χ1v) is 5.55. The second-order valence-electron chi connectivity index (χ2n) is 3.65. The summed E-state index contributed by atoms with van der Waals surface area (Å²) in [5, 5.41) is 13.7. The van der Waals surface area contributed by atoms with Gasteiger partial charge in [0.2, 0.25) is 0 Å². The number of pyridine rings is 1. The van der Waals surface area contributed by atoms with Gasteiger partial charge in [-0.3, -0.25) is 0 Å². The highest BCUT2D eigenvalue weighted by atomic mass is 35.5. The average molecular weight is 229 g/mol. The summed E-state index contributed by atoms with van der Waals surface area (Å²) in [5.74, 6) is 0. The second kappa shape index (κ2) is 5.33. The molecular formula is C11H17ClN2O. The second-order valence-corrected chi connectivity index (χ2v) is 4.04. The molecule has 2 N–H and O–H groups in total. The Kier molecular flexibility index (Phi) is 4.36. The summed E-state index contributed by atoms with van der Waals surface area (Å²) < 4.78 is 0. The van der Waals surface area contributed by atoms with Crippen LogP contribution in [0.4, 0.5) is 5.69 Å². The van der Waals surface area contributed by atoms with Gasteiger partial charge >= 0.3 is 0 Å². The summed E-state index contributed by atoms with van der Waals surface area (Å²) in [4.78, 5) is 3.89. The smallest absolute Gasteiger partial charge is 0.131 e. The SMILES string of the molecule is CCC(O)(CC)CNc1ccnc(Cl)c1. The number of nitrogens with one attached hydrogen (secondary N) is 1. The molecule has 4 heteroatoms. The Bertz CT molecular complexity index is 313. The van der Waals surface area contributed by atoms with E-state index in [0.29, 0.717) is 11.7 Å². The molecular weight excluding hydrogens is 212 g/mol. The van der Waals surface area contributed by atoms with E-state index in [1.54, 1.807) is 12.3 Å². The van der Waals surface area contributed by atoms with Crippen LogP contribution in [0.1, 0.15) is 26.7 Å². The Hall–Kier alpha value is -0.800.